The Balaban J connectivity index is 1.72. The Kier molecular flexibility index (Phi) is 5.63. The molecule has 1 aromatic carbocycles. The third-order valence-electron chi connectivity index (χ3n) is 5.93. The van der Waals surface area contributed by atoms with Gasteiger partial charge in [0.1, 0.15) is 5.82 Å². The van der Waals surface area contributed by atoms with E-state index in [4.69, 9.17) is 4.99 Å². The molecular formula is C23H26FN3OS. The molecule has 2 fully saturated rings. The van der Waals surface area contributed by atoms with Gasteiger partial charge in [-0.3, -0.25) is 9.69 Å². The normalized spacial score (nSPS) is 21.0. The van der Waals surface area contributed by atoms with Crippen LogP contribution < -0.4 is 0 Å². The van der Waals surface area contributed by atoms with E-state index in [1.165, 1.54) is 30.3 Å². The Morgan fingerprint density at radius 2 is 1.83 bits per heavy atom. The lowest BCUT2D eigenvalue weighted by Crippen LogP contribution is -2.40. The zero-order valence-corrected chi connectivity index (χ0v) is 17.9. The number of nitrogens with zero attached hydrogens (tertiary/aromatic N) is 3. The van der Waals surface area contributed by atoms with Crippen molar-refractivity contribution in [1.29, 1.82) is 0 Å². The average molecular weight is 412 g/mol. The van der Waals surface area contributed by atoms with Gasteiger partial charge >= 0.3 is 0 Å². The molecule has 0 radical (unpaired) electrons. The van der Waals surface area contributed by atoms with Crippen LogP contribution in [0.15, 0.2) is 40.2 Å². The van der Waals surface area contributed by atoms with Crippen LogP contribution in [-0.2, 0) is 11.8 Å². The molecule has 1 saturated heterocycles. The molecule has 1 saturated carbocycles. The zero-order chi connectivity index (χ0) is 20.5. The zero-order valence-electron chi connectivity index (χ0n) is 17.1. The molecular weight excluding hydrogens is 385 g/mol. The number of aryl methyl sites for hydroxylation is 1. The van der Waals surface area contributed by atoms with Gasteiger partial charge in [-0.1, -0.05) is 19.3 Å². The van der Waals surface area contributed by atoms with Crippen molar-refractivity contribution in [3.63, 3.8) is 0 Å². The molecule has 152 valence electrons. The molecule has 1 aliphatic heterocycles. The minimum Gasteiger partial charge on any atom is -0.352 e. The largest absolute Gasteiger partial charge is 0.352 e. The number of carbonyl (C=O) groups is 1. The number of halogens is 1. The second-order valence-corrected chi connectivity index (χ2v) is 8.84. The van der Waals surface area contributed by atoms with E-state index in [1.807, 2.05) is 18.0 Å². The summed E-state index contributed by atoms with van der Waals surface area (Å²) in [6.07, 6.45) is 7.49. The fourth-order valence-electron chi connectivity index (χ4n) is 4.02. The number of carbonyl (C=O) groups excluding carboxylic acids is 1. The lowest BCUT2D eigenvalue weighted by atomic mass is 9.94. The Hall–Kier alpha value is -2.34. The maximum absolute atomic E-state index is 13.4. The molecule has 1 aliphatic carbocycles. The lowest BCUT2D eigenvalue weighted by Gasteiger charge is -2.30. The van der Waals surface area contributed by atoms with Gasteiger partial charge in [0.05, 0.1) is 10.6 Å². The number of benzene rings is 1. The highest BCUT2D eigenvalue weighted by Crippen LogP contribution is 2.39. The predicted molar refractivity (Wildman–Crippen MR) is 118 cm³/mol. The first-order valence-electron chi connectivity index (χ1n) is 10.1. The van der Waals surface area contributed by atoms with Crippen LogP contribution in [-0.4, -0.2) is 26.6 Å². The van der Waals surface area contributed by atoms with Gasteiger partial charge in [-0.2, -0.15) is 0 Å². The number of hydrogen-bond acceptors (Lipinski definition) is 3. The molecule has 4 nitrogen and oxygen atoms in total. The van der Waals surface area contributed by atoms with Crippen molar-refractivity contribution in [1.82, 2.24) is 9.47 Å². The van der Waals surface area contributed by atoms with E-state index in [9.17, 15) is 9.18 Å². The van der Waals surface area contributed by atoms with Crippen LogP contribution in [0.25, 0.3) is 6.08 Å². The highest BCUT2D eigenvalue weighted by molar-refractivity contribution is 8.18. The molecule has 0 unspecified atom stereocenters. The van der Waals surface area contributed by atoms with E-state index in [-0.39, 0.29) is 17.8 Å². The standard InChI is InChI=1S/C23H26FN3OS/c1-15-13-17(16(2)26(15)3)14-21-22(28)27(20-7-5-4-6-8-20)23(29-21)25-19-11-9-18(24)10-12-19/h9-14,20H,4-8H2,1-3H3/b21-14+,25-23?. The summed E-state index contributed by atoms with van der Waals surface area (Å²) in [5.41, 5.74) is 4.02. The van der Waals surface area contributed by atoms with Gasteiger partial charge in [-0.25, -0.2) is 9.38 Å². The van der Waals surface area contributed by atoms with E-state index in [0.717, 1.165) is 42.6 Å². The molecule has 0 atom stereocenters. The van der Waals surface area contributed by atoms with Crippen LogP contribution in [0.4, 0.5) is 10.1 Å². The van der Waals surface area contributed by atoms with Gasteiger partial charge in [0.15, 0.2) is 5.17 Å². The van der Waals surface area contributed by atoms with Crippen molar-refractivity contribution in [2.45, 2.75) is 52.0 Å². The van der Waals surface area contributed by atoms with Gasteiger partial charge in [-0.15, -0.1) is 0 Å². The molecule has 2 aromatic rings. The van der Waals surface area contributed by atoms with E-state index in [1.54, 1.807) is 12.1 Å². The fourth-order valence-corrected chi connectivity index (χ4v) is 5.07. The van der Waals surface area contributed by atoms with Crippen LogP contribution in [0.1, 0.15) is 49.1 Å². The number of amidine groups is 1. The Bertz CT molecular complexity index is 984. The Labute approximate surface area is 175 Å². The lowest BCUT2D eigenvalue weighted by molar-refractivity contribution is -0.124. The minimum absolute atomic E-state index is 0.0312. The first-order chi connectivity index (χ1) is 13.9. The summed E-state index contributed by atoms with van der Waals surface area (Å²) in [7, 11) is 2.03. The van der Waals surface area contributed by atoms with Gasteiger partial charge in [-0.05, 0) is 80.4 Å². The summed E-state index contributed by atoms with van der Waals surface area (Å²) in [6.45, 7) is 4.13. The van der Waals surface area contributed by atoms with Crippen LogP contribution in [0.2, 0.25) is 0 Å². The number of hydrogen-bond donors (Lipinski definition) is 0. The quantitative estimate of drug-likeness (QED) is 0.606. The Morgan fingerprint density at radius 3 is 2.45 bits per heavy atom. The summed E-state index contributed by atoms with van der Waals surface area (Å²) >= 11 is 1.42. The average Bonchev–Trinajstić information content (AvgIpc) is 3.15. The number of thioether (sulfide) groups is 1. The SMILES string of the molecule is Cc1cc(/C=C2/SC(=Nc3ccc(F)cc3)N(C3CCCCC3)C2=O)c(C)n1C. The summed E-state index contributed by atoms with van der Waals surface area (Å²) in [5, 5.41) is 0.699. The Morgan fingerprint density at radius 1 is 1.14 bits per heavy atom. The number of aromatic nitrogens is 1. The van der Waals surface area contributed by atoms with Gasteiger partial charge in [0.2, 0.25) is 0 Å². The molecule has 4 rings (SSSR count). The third kappa shape index (κ3) is 4.04. The van der Waals surface area contributed by atoms with E-state index < -0.39 is 0 Å². The summed E-state index contributed by atoms with van der Waals surface area (Å²) in [4.78, 5) is 20.6. The van der Waals surface area contributed by atoms with Crippen LogP contribution in [0.3, 0.4) is 0 Å². The number of aliphatic imine (C=N–C) groups is 1. The summed E-state index contributed by atoms with van der Waals surface area (Å²) in [5.74, 6) is -0.257. The van der Waals surface area contributed by atoms with E-state index >= 15 is 0 Å². The molecule has 2 heterocycles. The van der Waals surface area contributed by atoms with Crippen LogP contribution in [0, 0.1) is 19.7 Å². The molecule has 0 bridgehead atoms. The maximum Gasteiger partial charge on any atom is 0.267 e. The molecule has 29 heavy (non-hydrogen) atoms. The van der Waals surface area contributed by atoms with E-state index in [2.05, 4.69) is 24.5 Å². The molecule has 6 heteroatoms. The smallest absolute Gasteiger partial charge is 0.267 e. The number of amides is 1. The first kappa shape index (κ1) is 20.0. The van der Waals surface area contributed by atoms with Crippen molar-refractivity contribution in [3.05, 3.63) is 58.0 Å². The van der Waals surface area contributed by atoms with Crippen LogP contribution >= 0.6 is 11.8 Å². The molecule has 2 aliphatic rings. The minimum atomic E-state index is -0.288. The fraction of sp³-hybridized carbons (Fsp3) is 0.391. The van der Waals surface area contributed by atoms with Crippen molar-refractivity contribution in [2.24, 2.45) is 12.0 Å². The summed E-state index contributed by atoms with van der Waals surface area (Å²) in [6, 6.07) is 8.40. The maximum atomic E-state index is 13.4. The van der Waals surface area contributed by atoms with Gasteiger partial charge in [0, 0.05) is 24.5 Å². The van der Waals surface area contributed by atoms with Crippen molar-refractivity contribution in [2.75, 3.05) is 0 Å². The predicted octanol–water partition coefficient (Wildman–Crippen LogP) is 5.72. The monoisotopic (exact) mass is 411 g/mol. The molecule has 0 spiro atoms. The molecule has 1 amide bonds. The van der Waals surface area contributed by atoms with Crippen LogP contribution in [0.5, 0.6) is 0 Å². The van der Waals surface area contributed by atoms with Crippen molar-refractivity contribution < 1.29 is 9.18 Å². The second kappa shape index (κ2) is 8.19. The van der Waals surface area contributed by atoms with Gasteiger partial charge in [0.25, 0.3) is 5.91 Å². The highest BCUT2D eigenvalue weighted by Gasteiger charge is 2.38. The first-order valence-corrected chi connectivity index (χ1v) is 11.0. The third-order valence-corrected chi connectivity index (χ3v) is 6.91. The topological polar surface area (TPSA) is 37.6 Å². The van der Waals surface area contributed by atoms with Gasteiger partial charge < -0.3 is 4.57 Å². The second-order valence-electron chi connectivity index (χ2n) is 7.83. The van der Waals surface area contributed by atoms with Crippen molar-refractivity contribution >= 4 is 34.6 Å². The highest BCUT2D eigenvalue weighted by atomic mass is 32.2. The molecule has 0 N–H and O–H groups in total. The van der Waals surface area contributed by atoms with Crippen molar-refractivity contribution in [3.8, 4) is 0 Å². The number of rotatable bonds is 3. The summed E-state index contributed by atoms with van der Waals surface area (Å²) < 4.78 is 15.4. The van der Waals surface area contributed by atoms with E-state index in [0.29, 0.717) is 15.8 Å². The molecule has 1 aromatic heterocycles.